The third-order valence-electron chi connectivity index (χ3n) is 4.48. The Morgan fingerprint density at radius 3 is 2.19 bits per heavy atom. The van der Waals surface area contributed by atoms with E-state index in [4.69, 9.17) is 16.3 Å². The summed E-state index contributed by atoms with van der Waals surface area (Å²) in [6.07, 6.45) is -0.204. The van der Waals surface area contributed by atoms with Crippen LogP contribution in [0.3, 0.4) is 0 Å². The lowest BCUT2D eigenvalue weighted by atomic mass is 9.77. The highest BCUT2D eigenvalue weighted by Crippen LogP contribution is 3.02. The Bertz CT molecular complexity index is 973. The molecule has 0 heterocycles. The maximum atomic E-state index is 12.9. The first-order chi connectivity index (χ1) is 12.2. The van der Waals surface area contributed by atoms with Crippen LogP contribution in [0.25, 0.3) is 0 Å². The highest BCUT2D eigenvalue weighted by Gasteiger charge is 2.65. The number of hydrogen-bond acceptors (Lipinski definition) is 3. The predicted octanol–water partition coefficient (Wildman–Crippen LogP) is 5.85. The summed E-state index contributed by atoms with van der Waals surface area (Å²) in [5.74, 6) is -1.69. The fourth-order valence-electron chi connectivity index (χ4n) is 3.21. The molecule has 0 amide bonds. The fraction of sp³-hybridized carbons (Fsp3) is 0.176. The van der Waals surface area contributed by atoms with Crippen LogP contribution in [-0.2, 0) is 21.4 Å². The van der Waals surface area contributed by atoms with Gasteiger partial charge in [-0.2, -0.15) is 0 Å². The van der Waals surface area contributed by atoms with E-state index < -0.39 is 32.3 Å². The van der Waals surface area contributed by atoms with Crippen molar-refractivity contribution in [3.05, 3.63) is 64.2 Å². The van der Waals surface area contributed by atoms with Crippen molar-refractivity contribution in [2.45, 2.75) is 16.7 Å². The molecular formula is C17H12ClF5O3S. The van der Waals surface area contributed by atoms with E-state index in [0.717, 1.165) is 7.11 Å². The van der Waals surface area contributed by atoms with Crippen molar-refractivity contribution in [1.82, 2.24) is 0 Å². The Balaban J connectivity index is 2.17. The molecule has 3 rings (SSSR count). The van der Waals surface area contributed by atoms with Gasteiger partial charge in [0, 0.05) is 17.0 Å². The summed E-state index contributed by atoms with van der Waals surface area (Å²) in [7, 11) is -8.85. The molecule has 0 radical (unpaired) electrons. The van der Waals surface area contributed by atoms with Crippen LogP contribution in [-0.4, -0.2) is 18.9 Å². The van der Waals surface area contributed by atoms with E-state index in [1.54, 1.807) is 0 Å². The summed E-state index contributed by atoms with van der Waals surface area (Å²) >= 11 is 5.89. The van der Waals surface area contributed by atoms with Crippen molar-refractivity contribution >= 4 is 33.6 Å². The number of carbonyl (C=O) groups is 2. The topological polar surface area (TPSA) is 43.4 Å². The maximum Gasteiger partial charge on any atom is 0.324 e. The molecule has 0 N–H and O–H groups in total. The van der Waals surface area contributed by atoms with E-state index in [-0.39, 0.29) is 29.7 Å². The standard InChI is InChI=1S/C17H12ClF5O3S/c1-26-16(25)17(9-10-8-12(18)4-7-14(10)15(17)24)11-2-5-13(6-3-11)27(19,20,21,22)23/h2-8H,9H2,1H3. The van der Waals surface area contributed by atoms with E-state index in [0.29, 0.717) is 22.7 Å². The van der Waals surface area contributed by atoms with Gasteiger partial charge in [-0.1, -0.05) is 43.2 Å². The molecule has 0 spiro atoms. The second-order valence-corrected chi connectivity index (χ2v) is 9.04. The highest BCUT2D eigenvalue weighted by molar-refractivity contribution is 8.45. The lowest BCUT2D eigenvalue weighted by molar-refractivity contribution is -0.145. The van der Waals surface area contributed by atoms with Crippen LogP contribution in [0.15, 0.2) is 47.4 Å². The average molecular weight is 427 g/mol. The second-order valence-electron chi connectivity index (χ2n) is 6.20. The summed E-state index contributed by atoms with van der Waals surface area (Å²) in [6.45, 7) is 0. The zero-order valence-electron chi connectivity index (χ0n) is 13.6. The number of Topliss-reactive ketones (excluding diaryl/α,β-unsaturated/α-hetero) is 1. The van der Waals surface area contributed by atoms with E-state index in [2.05, 4.69) is 0 Å². The first-order valence-corrected chi connectivity index (χ1v) is 9.78. The smallest absolute Gasteiger partial charge is 0.324 e. The van der Waals surface area contributed by atoms with Crippen LogP contribution >= 0.6 is 21.8 Å². The first kappa shape index (κ1) is 19.6. The molecule has 1 aliphatic carbocycles. The lowest BCUT2D eigenvalue weighted by Gasteiger charge is -2.40. The Morgan fingerprint density at radius 1 is 1.07 bits per heavy atom. The predicted molar refractivity (Wildman–Crippen MR) is 91.0 cm³/mol. The van der Waals surface area contributed by atoms with Gasteiger partial charge in [0.25, 0.3) is 0 Å². The maximum absolute atomic E-state index is 12.9. The van der Waals surface area contributed by atoms with Gasteiger partial charge in [-0.3, -0.25) is 9.59 Å². The summed E-state index contributed by atoms with van der Waals surface area (Å²) in [4.78, 5) is 23.3. The van der Waals surface area contributed by atoms with Gasteiger partial charge in [-0.15, -0.1) is 0 Å². The van der Waals surface area contributed by atoms with E-state index in [9.17, 15) is 29.0 Å². The molecule has 3 nitrogen and oxygen atoms in total. The second kappa shape index (κ2) is 5.23. The van der Waals surface area contributed by atoms with Gasteiger partial charge in [-0.25, -0.2) is 0 Å². The fourth-order valence-corrected chi connectivity index (χ4v) is 4.06. The summed E-state index contributed by atoms with van der Waals surface area (Å²) in [6, 6.07) is 6.04. The largest absolute Gasteiger partial charge is 0.468 e. The quantitative estimate of drug-likeness (QED) is 0.351. The normalized spacial score (nSPS) is 22.0. The van der Waals surface area contributed by atoms with Crippen molar-refractivity contribution in [2.75, 3.05) is 7.11 Å². The number of ketones is 1. The van der Waals surface area contributed by atoms with Gasteiger partial charge >= 0.3 is 16.2 Å². The SMILES string of the molecule is COC(=O)C1(c2ccc(S(F)(F)(F)(F)F)cc2)Cc2cc(Cl)ccc2C1=O. The Labute approximate surface area is 155 Å². The van der Waals surface area contributed by atoms with Crippen LogP contribution < -0.4 is 0 Å². The van der Waals surface area contributed by atoms with Crippen molar-refractivity contribution in [1.29, 1.82) is 0 Å². The molecular weight excluding hydrogens is 415 g/mol. The third kappa shape index (κ3) is 3.19. The van der Waals surface area contributed by atoms with E-state index >= 15 is 0 Å². The number of esters is 1. The van der Waals surface area contributed by atoms with Crippen LogP contribution in [0.4, 0.5) is 19.4 Å². The van der Waals surface area contributed by atoms with Crippen molar-refractivity contribution in [3.8, 4) is 0 Å². The number of benzene rings is 2. The number of hydrogen-bond donors (Lipinski definition) is 0. The Kier molecular flexibility index (Phi) is 3.80. The highest BCUT2D eigenvalue weighted by atomic mass is 35.5. The monoisotopic (exact) mass is 426 g/mol. The van der Waals surface area contributed by atoms with Gasteiger partial charge in [0.05, 0.1) is 7.11 Å². The van der Waals surface area contributed by atoms with Gasteiger partial charge < -0.3 is 4.74 Å². The van der Waals surface area contributed by atoms with E-state index in [1.165, 1.54) is 18.2 Å². The van der Waals surface area contributed by atoms with Gasteiger partial charge in [0.1, 0.15) is 4.90 Å². The average Bonchev–Trinajstić information content (AvgIpc) is 2.85. The summed E-state index contributed by atoms with van der Waals surface area (Å²) in [5, 5.41) is 0.304. The number of methoxy groups -OCH3 is 1. The molecule has 1 unspecified atom stereocenters. The zero-order chi connectivity index (χ0) is 20.3. The van der Waals surface area contributed by atoms with Crippen LogP contribution in [0, 0.1) is 0 Å². The summed E-state index contributed by atoms with van der Waals surface area (Å²) in [5.41, 5.74) is -1.55. The Hall–Kier alpha value is -2.13. The number of rotatable bonds is 3. The first-order valence-electron chi connectivity index (χ1n) is 7.45. The Morgan fingerprint density at radius 2 is 1.67 bits per heavy atom. The third-order valence-corrected chi connectivity index (χ3v) is 5.88. The number of ether oxygens (including phenoxy) is 1. The molecule has 0 bridgehead atoms. The molecule has 0 fully saturated rings. The number of carbonyl (C=O) groups excluding carboxylic acids is 2. The molecule has 2 aromatic rings. The molecule has 0 aliphatic heterocycles. The molecule has 146 valence electrons. The van der Waals surface area contributed by atoms with Gasteiger partial charge in [0.15, 0.2) is 11.2 Å². The van der Waals surface area contributed by atoms with Crippen molar-refractivity contribution in [2.24, 2.45) is 0 Å². The minimum Gasteiger partial charge on any atom is -0.468 e. The summed E-state index contributed by atoms with van der Waals surface area (Å²) < 4.78 is 69.4. The minimum atomic E-state index is -9.87. The van der Waals surface area contributed by atoms with E-state index in [1.807, 2.05) is 0 Å². The lowest BCUT2D eigenvalue weighted by Crippen LogP contribution is -2.42. The molecule has 10 heteroatoms. The number of halogens is 6. The van der Waals surface area contributed by atoms with Crippen LogP contribution in [0.5, 0.6) is 0 Å². The molecule has 0 saturated carbocycles. The van der Waals surface area contributed by atoms with Crippen molar-refractivity contribution < 1.29 is 33.8 Å². The molecule has 0 aromatic heterocycles. The molecule has 0 saturated heterocycles. The zero-order valence-corrected chi connectivity index (χ0v) is 15.2. The molecule has 27 heavy (non-hydrogen) atoms. The van der Waals surface area contributed by atoms with Gasteiger partial charge in [0.2, 0.25) is 0 Å². The molecule has 1 aliphatic rings. The number of fused-ring (bicyclic) bond motifs is 1. The van der Waals surface area contributed by atoms with Gasteiger partial charge in [-0.05, 0) is 41.5 Å². The van der Waals surface area contributed by atoms with Crippen LogP contribution in [0.2, 0.25) is 5.02 Å². The van der Waals surface area contributed by atoms with Crippen LogP contribution in [0.1, 0.15) is 21.5 Å². The van der Waals surface area contributed by atoms with Crippen molar-refractivity contribution in [3.63, 3.8) is 0 Å². The minimum absolute atomic E-state index is 0.168. The molecule has 1 atom stereocenters. The molecule has 2 aromatic carbocycles.